The molecule has 1 aliphatic rings. The van der Waals surface area contributed by atoms with Crippen molar-refractivity contribution in [2.24, 2.45) is 5.41 Å². The molecule has 6 nitrogen and oxygen atoms in total. The molecule has 1 saturated carbocycles. The first-order valence-corrected chi connectivity index (χ1v) is 6.84. The highest BCUT2D eigenvalue weighted by Crippen LogP contribution is 2.47. The average molecular weight is 289 g/mol. The van der Waals surface area contributed by atoms with Gasteiger partial charge in [-0.1, -0.05) is 5.21 Å². The van der Waals surface area contributed by atoms with Gasteiger partial charge in [0, 0.05) is 18.5 Å². The highest BCUT2D eigenvalue weighted by Gasteiger charge is 2.43. The summed E-state index contributed by atoms with van der Waals surface area (Å²) in [5.41, 5.74) is 1.10. The highest BCUT2D eigenvalue weighted by molar-refractivity contribution is 5.94. The van der Waals surface area contributed by atoms with E-state index >= 15 is 0 Å². The van der Waals surface area contributed by atoms with E-state index in [1.807, 2.05) is 0 Å². The first-order valence-electron chi connectivity index (χ1n) is 6.84. The van der Waals surface area contributed by atoms with Crippen LogP contribution in [0.15, 0.2) is 18.2 Å². The number of aromatic nitrogens is 4. The summed E-state index contributed by atoms with van der Waals surface area (Å²) in [5.74, 6) is 0.00779. The van der Waals surface area contributed by atoms with Crippen molar-refractivity contribution in [3.05, 3.63) is 41.0 Å². The monoisotopic (exact) mass is 289 g/mol. The maximum Gasteiger partial charge on any atom is 0.251 e. The van der Waals surface area contributed by atoms with Crippen LogP contribution in [0.4, 0.5) is 4.39 Å². The lowest BCUT2D eigenvalue weighted by molar-refractivity contribution is 0.0944. The molecule has 0 saturated heterocycles. The molecule has 0 aliphatic heterocycles. The number of H-pyrrole nitrogens is 1. The van der Waals surface area contributed by atoms with E-state index in [2.05, 4.69) is 25.9 Å². The minimum Gasteiger partial charge on any atom is -0.351 e. The third-order valence-electron chi connectivity index (χ3n) is 3.81. The zero-order chi connectivity index (χ0) is 14.9. The van der Waals surface area contributed by atoms with Crippen LogP contribution in [0.1, 0.15) is 34.6 Å². The van der Waals surface area contributed by atoms with Gasteiger partial charge in [-0.15, -0.1) is 10.2 Å². The minimum atomic E-state index is -0.395. The number of benzene rings is 1. The molecule has 1 fully saturated rings. The number of aromatic amines is 1. The summed E-state index contributed by atoms with van der Waals surface area (Å²) >= 11 is 0. The first kappa shape index (κ1) is 13.7. The molecule has 0 bridgehead atoms. The van der Waals surface area contributed by atoms with Crippen molar-refractivity contribution in [3.63, 3.8) is 0 Å². The minimum absolute atomic E-state index is 0.0158. The van der Waals surface area contributed by atoms with Crippen molar-refractivity contribution in [3.8, 4) is 0 Å². The predicted octanol–water partition coefficient (Wildman–Crippen LogP) is 1.40. The van der Waals surface area contributed by atoms with Gasteiger partial charge in [0.15, 0.2) is 5.82 Å². The van der Waals surface area contributed by atoms with E-state index in [0.717, 1.165) is 18.4 Å². The smallest absolute Gasteiger partial charge is 0.251 e. The summed E-state index contributed by atoms with van der Waals surface area (Å²) in [5, 5.41) is 16.7. The molecule has 0 radical (unpaired) electrons. The summed E-state index contributed by atoms with van der Waals surface area (Å²) in [6.45, 7) is 2.30. The van der Waals surface area contributed by atoms with E-state index in [9.17, 15) is 9.18 Å². The number of hydrogen-bond donors (Lipinski definition) is 2. The van der Waals surface area contributed by atoms with Crippen LogP contribution in [0.2, 0.25) is 0 Å². The van der Waals surface area contributed by atoms with E-state index in [1.165, 1.54) is 12.1 Å². The molecular weight excluding hydrogens is 273 g/mol. The van der Waals surface area contributed by atoms with Crippen molar-refractivity contribution in [1.29, 1.82) is 0 Å². The number of amides is 1. The first-order chi connectivity index (χ1) is 10.1. The molecule has 0 atom stereocenters. The van der Waals surface area contributed by atoms with Crippen molar-refractivity contribution >= 4 is 5.91 Å². The second-order valence-electron chi connectivity index (χ2n) is 5.70. The Bertz CT molecular complexity index is 631. The Kier molecular flexibility index (Phi) is 3.40. The Balaban J connectivity index is 1.61. The average Bonchev–Trinajstić information content (AvgIpc) is 2.99. The molecule has 0 unspecified atom stereocenters. The van der Waals surface area contributed by atoms with Gasteiger partial charge in [-0.25, -0.2) is 4.39 Å². The Hall–Kier alpha value is -2.31. The fraction of sp³-hybridized carbons (Fsp3) is 0.429. The van der Waals surface area contributed by atoms with E-state index in [4.69, 9.17) is 0 Å². The van der Waals surface area contributed by atoms with Gasteiger partial charge in [-0.2, -0.15) is 5.21 Å². The number of nitrogens with zero attached hydrogens (tertiary/aromatic N) is 3. The topological polar surface area (TPSA) is 83.6 Å². The largest absolute Gasteiger partial charge is 0.351 e. The van der Waals surface area contributed by atoms with Crippen molar-refractivity contribution in [2.75, 3.05) is 6.54 Å². The van der Waals surface area contributed by atoms with Gasteiger partial charge in [0.05, 0.1) is 0 Å². The highest BCUT2D eigenvalue weighted by atomic mass is 19.1. The number of aryl methyl sites for hydroxylation is 1. The predicted molar refractivity (Wildman–Crippen MR) is 73.0 cm³/mol. The Labute approximate surface area is 121 Å². The lowest BCUT2D eigenvalue weighted by Crippen LogP contribution is -2.31. The van der Waals surface area contributed by atoms with E-state index in [-0.39, 0.29) is 11.3 Å². The zero-order valence-electron chi connectivity index (χ0n) is 11.7. The van der Waals surface area contributed by atoms with Gasteiger partial charge >= 0.3 is 0 Å². The Morgan fingerprint density at radius 2 is 2.24 bits per heavy atom. The lowest BCUT2D eigenvalue weighted by Gasteiger charge is -2.14. The fourth-order valence-corrected chi connectivity index (χ4v) is 2.42. The quantitative estimate of drug-likeness (QED) is 0.871. The number of nitrogens with one attached hydrogen (secondary N) is 2. The molecule has 21 heavy (non-hydrogen) atoms. The van der Waals surface area contributed by atoms with Crippen LogP contribution in [0, 0.1) is 18.2 Å². The third kappa shape index (κ3) is 3.24. The molecule has 1 amide bonds. The molecule has 7 heteroatoms. The third-order valence-corrected chi connectivity index (χ3v) is 3.81. The van der Waals surface area contributed by atoms with Crippen LogP contribution < -0.4 is 5.32 Å². The maximum atomic E-state index is 13.3. The van der Waals surface area contributed by atoms with Crippen LogP contribution in [0.3, 0.4) is 0 Å². The summed E-state index contributed by atoms with van der Waals surface area (Å²) in [6.07, 6.45) is 2.72. The molecule has 2 N–H and O–H groups in total. The van der Waals surface area contributed by atoms with Crippen LogP contribution >= 0.6 is 0 Å². The second-order valence-corrected chi connectivity index (χ2v) is 5.70. The lowest BCUT2D eigenvalue weighted by atomic mass is 10.0. The molecule has 1 heterocycles. The van der Waals surface area contributed by atoms with Crippen LogP contribution in [0.5, 0.6) is 0 Å². The van der Waals surface area contributed by atoms with E-state index in [0.29, 0.717) is 24.4 Å². The normalized spacial score (nSPS) is 15.7. The van der Waals surface area contributed by atoms with Crippen molar-refractivity contribution in [2.45, 2.75) is 26.2 Å². The van der Waals surface area contributed by atoms with Gasteiger partial charge in [-0.3, -0.25) is 4.79 Å². The standard InChI is InChI=1S/C14H16FN5O/c1-9-4-10(6-11(15)5-9)13(21)16-8-14(2-3-14)7-12-17-19-20-18-12/h4-6H,2-3,7-8H2,1H3,(H,16,21)(H,17,18,19,20). The van der Waals surface area contributed by atoms with E-state index < -0.39 is 5.82 Å². The Morgan fingerprint density at radius 3 is 2.86 bits per heavy atom. The van der Waals surface area contributed by atoms with Crippen LogP contribution in [0.25, 0.3) is 0 Å². The summed E-state index contributed by atoms with van der Waals surface area (Å²) < 4.78 is 13.3. The number of carbonyl (C=O) groups excluding carboxylic acids is 1. The van der Waals surface area contributed by atoms with Crippen molar-refractivity contribution < 1.29 is 9.18 Å². The van der Waals surface area contributed by atoms with Gasteiger partial charge in [0.2, 0.25) is 0 Å². The second kappa shape index (κ2) is 5.23. The fourth-order valence-electron chi connectivity index (χ4n) is 2.42. The number of rotatable bonds is 5. The maximum absolute atomic E-state index is 13.3. The number of tetrazole rings is 1. The number of carbonyl (C=O) groups is 1. The van der Waals surface area contributed by atoms with Crippen LogP contribution in [-0.4, -0.2) is 33.1 Å². The van der Waals surface area contributed by atoms with Crippen molar-refractivity contribution in [1.82, 2.24) is 25.9 Å². The van der Waals surface area contributed by atoms with Gasteiger partial charge in [-0.05, 0) is 48.9 Å². The molecular formula is C14H16FN5O. The molecule has 3 rings (SSSR count). The van der Waals surface area contributed by atoms with Gasteiger partial charge < -0.3 is 5.32 Å². The SMILES string of the molecule is Cc1cc(F)cc(C(=O)NCC2(Cc3nn[nH]n3)CC2)c1. The molecule has 0 spiro atoms. The van der Waals surface area contributed by atoms with E-state index in [1.54, 1.807) is 13.0 Å². The Morgan fingerprint density at radius 1 is 1.43 bits per heavy atom. The molecule has 1 aliphatic carbocycles. The zero-order valence-corrected chi connectivity index (χ0v) is 11.7. The van der Waals surface area contributed by atoms with Gasteiger partial charge in [0.1, 0.15) is 5.82 Å². The molecule has 1 aromatic heterocycles. The number of halogens is 1. The molecule has 1 aromatic carbocycles. The summed E-state index contributed by atoms with van der Waals surface area (Å²) in [6, 6.07) is 4.33. The van der Waals surface area contributed by atoms with Gasteiger partial charge in [0.25, 0.3) is 5.91 Å². The summed E-state index contributed by atoms with van der Waals surface area (Å²) in [4.78, 5) is 12.1. The number of hydrogen-bond acceptors (Lipinski definition) is 4. The molecule has 110 valence electrons. The summed E-state index contributed by atoms with van der Waals surface area (Å²) in [7, 11) is 0. The molecule has 2 aromatic rings. The van der Waals surface area contributed by atoms with Crippen LogP contribution in [-0.2, 0) is 6.42 Å².